The number of fused-ring (bicyclic) bond motifs is 2. The number of amides is 6. The van der Waals surface area contributed by atoms with E-state index in [4.69, 9.17) is 24.8 Å². The Morgan fingerprint density at radius 1 is 0.671 bits per heavy atom. The number of thiol groups is 1. The fraction of sp³-hybridized carbons (Fsp3) is 0.620. The molecular formula is C50H72N10O6S4. The minimum Gasteiger partial charge on any atom is -0.367 e. The van der Waals surface area contributed by atoms with E-state index in [0.717, 1.165) is 5.75 Å². The SMILES string of the molecule is CN[C@@H](C)C(=S)N[C@H]1CCS[C@H]2CC(C)(C)[C@@H](C(=O)N[C@H](C(=O)N3CCN(C(=O)[C@@H](NC(=O)[C@H]4N5C(=O)[C@@H](NC(S)[C@H](C)NC)CCS[C@H]5CC4(C)C)c4ccccc4)CC3)c3ccccc3)N2C1=O. The second-order valence-corrected chi connectivity index (χ2v) is 24.1. The molecule has 0 aliphatic carbocycles. The van der Waals surface area contributed by atoms with Crippen LogP contribution in [0.2, 0.25) is 0 Å². The van der Waals surface area contributed by atoms with Crippen molar-refractivity contribution in [3.05, 3.63) is 71.8 Å². The van der Waals surface area contributed by atoms with Crippen molar-refractivity contribution in [3.63, 3.8) is 0 Å². The first-order valence-electron chi connectivity index (χ1n) is 24.5. The molecule has 0 aromatic heterocycles. The maximum Gasteiger partial charge on any atom is 0.249 e. The van der Waals surface area contributed by atoms with Crippen LogP contribution in [0.3, 0.4) is 0 Å². The van der Waals surface area contributed by atoms with E-state index in [1.807, 2.05) is 97.1 Å². The Labute approximate surface area is 432 Å². The van der Waals surface area contributed by atoms with Crippen LogP contribution in [0.4, 0.5) is 0 Å². The molecule has 6 N–H and O–H groups in total. The first-order valence-corrected chi connectivity index (χ1v) is 27.5. The second-order valence-electron chi connectivity index (χ2n) is 20.6. The Bertz CT molecular complexity index is 2240. The molecule has 2 aromatic carbocycles. The summed E-state index contributed by atoms with van der Waals surface area (Å²) < 4.78 is 0. The minimum atomic E-state index is -1.06. The van der Waals surface area contributed by atoms with Gasteiger partial charge in [-0.25, -0.2) is 0 Å². The van der Waals surface area contributed by atoms with Crippen molar-refractivity contribution in [3.8, 4) is 0 Å². The van der Waals surface area contributed by atoms with Crippen molar-refractivity contribution in [1.82, 2.24) is 51.5 Å². The molecule has 5 saturated heterocycles. The molecule has 2 aromatic rings. The third kappa shape index (κ3) is 11.6. The van der Waals surface area contributed by atoms with E-state index in [1.165, 1.54) is 0 Å². The number of piperazine rings is 1. The van der Waals surface area contributed by atoms with Crippen molar-refractivity contribution in [2.45, 2.75) is 132 Å². The van der Waals surface area contributed by atoms with Crippen LogP contribution in [0.15, 0.2) is 60.7 Å². The molecule has 0 bridgehead atoms. The number of rotatable bonds is 15. The third-order valence-corrected chi connectivity index (χ3v) is 18.3. The Kier molecular flexibility index (Phi) is 17.6. The van der Waals surface area contributed by atoms with Gasteiger partial charge in [-0.15, -0.1) is 23.5 Å². The molecule has 16 nitrogen and oxygen atoms in total. The van der Waals surface area contributed by atoms with Gasteiger partial charge in [-0.05, 0) is 87.1 Å². The van der Waals surface area contributed by atoms with Gasteiger partial charge in [0.1, 0.15) is 30.2 Å². The lowest BCUT2D eigenvalue weighted by Crippen LogP contribution is -2.60. The fourth-order valence-electron chi connectivity index (χ4n) is 10.5. The van der Waals surface area contributed by atoms with Crippen LogP contribution in [0, 0.1) is 10.8 Å². The first kappa shape index (κ1) is 53.9. The topological polar surface area (TPSA) is 188 Å². The Hall–Kier alpha value is -3.92. The predicted octanol–water partition coefficient (Wildman–Crippen LogP) is 3.27. The monoisotopic (exact) mass is 1040 g/mol. The molecule has 7 rings (SSSR count). The summed E-state index contributed by atoms with van der Waals surface area (Å²) in [6.45, 7) is 12.6. The van der Waals surface area contributed by atoms with Gasteiger partial charge >= 0.3 is 0 Å². The van der Waals surface area contributed by atoms with Gasteiger partial charge in [0.15, 0.2) is 0 Å². The third-order valence-electron chi connectivity index (χ3n) is 14.8. The maximum atomic E-state index is 14.8. The van der Waals surface area contributed by atoms with E-state index in [9.17, 15) is 28.8 Å². The number of nitrogens with one attached hydrogen (secondary N) is 6. The van der Waals surface area contributed by atoms with Gasteiger partial charge in [0, 0.05) is 32.2 Å². The molecule has 0 saturated carbocycles. The zero-order valence-electron chi connectivity index (χ0n) is 41.6. The molecule has 70 heavy (non-hydrogen) atoms. The van der Waals surface area contributed by atoms with Crippen LogP contribution < -0.4 is 31.9 Å². The molecule has 5 aliphatic heterocycles. The van der Waals surface area contributed by atoms with Crippen molar-refractivity contribution < 1.29 is 28.8 Å². The summed E-state index contributed by atoms with van der Waals surface area (Å²) in [5.41, 5.74) is 0.00830. The van der Waals surface area contributed by atoms with E-state index in [2.05, 4.69) is 31.9 Å². The summed E-state index contributed by atoms with van der Waals surface area (Å²) in [7, 11) is 3.65. The molecule has 20 heteroatoms. The van der Waals surface area contributed by atoms with Crippen molar-refractivity contribution in [2.75, 3.05) is 51.8 Å². The molecule has 5 fully saturated rings. The van der Waals surface area contributed by atoms with Gasteiger partial charge in [-0.1, -0.05) is 101 Å². The average molecular weight is 1040 g/mol. The Morgan fingerprint density at radius 3 is 1.50 bits per heavy atom. The van der Waals surface area contributed by atoms with E-state index >= 15 is 0 Å². The van der Waals surface area contributed by atoms with Crippen molar-refractivity contribution >= 4 is 88.8 Å². The van der Waals surface area contributed by atoms with Crippen LogP contribution in [0.1, 0.15) is 90.4 Å². The van der Waals surface area contributed by atoms with Gasteiger partial charge < -0.3 is 46.2 Å². The summed E-state index contributed by atoms with van der Waals surface area (Å²) in [6, 6.07) is 13.1. The molecule has 1 unspecified atom stereocenters. The lowest BCUT2D eigenvalue weighted by molar-refractivity contribution is -0.147. The van der Waals surface area contributed by atoms with Crippen LogP contribution in [-0.2, 0) is 28.8 Å². The Balaban J connectivity index is 1.06. The summed E-state index contributed by atoms with van der Waals surface area (Å²) in [6.07, 6.45) is 2.38. The number of hydrogen-bond acceptors (Lipinski definition) is 13. The summed E-state index contributed by atoms with van der Waals surface area (Å²) >= 11 is 13.7. The Morgan fingerprint density at radius 2 is 1.09 bits per heavy atom. The quantitative estimate of drug-likeness (QED) is 0.0784. The van der Waals surface area contributed by atoms with E-state index in [1.54, 1.807) is 62.3 Å². The predicted molar refractivity (Wildman–Crippen MR) is 284 cm³/mol. The molecular weight excluding hydrogens is 965 g/mol. The number of hydrogen-bond donors (Lipinski definition) is 7. The normalized spacial score (nSPS) is 27.4. The van der Waals surface area contributed by atoms with Gasteiger partial charge in [0.05, 0.1) is 33.2 Å². The zero-order chi connectivity index (χ0) is 50.7. The molecule has 6 amide bonds. The molecule has 11 atom stereocenters. The average Bonchev–Trinajstić information content (AvgIpc) is 3.67. The van der Waals surface area contributed by atoms with E-state index in [0.29, 0.717) is 47.6 Å². The van der Waals surface area contributed by atoms with Crippen LogP contribution >= 0.6 is 48.4 Å². The maximum absolute atomic E-state index is 14.8. The molecule has 5 heterocycles. The standard InChI is InChI=1S/C50H72N10O6S4/c1-29(51-7)43(67)53-33-19-25-69-35-27-49(3,4)39(59(35)45(33)63)41(61)55-37(31-15-11-9-12-16-31)47(65)57-21-23-58(24-22-57)48(66)38(32-17-13-10-14-18-32)56-42(62)40-50(5,6)28-36-60(40)46(64)34(20-26-70-36)54-44(68)30(2)52-8/h9-18,29-30,33-40,43,51-53,67H,19-28H2,1-8H3,(H,54,68)(H,55,61)(H,56,62)/t29-,30-,33-,34-,35-,36-,37-,38-,39+,40+,43?/m0/s1. The van der Waals surface area contributed by atoms with Crippen LogP contribution in [-0.4, -0.2) is 164 Å². The summed E-state index contributed by atoms with van der Waals surface area (Å²) in [5.74, 6) is -0.347. The van der Waals surface area contributed by atoms with E-state index < -0.39 is 58.9 Å². The largest absolute Gasteiger partial charge is 0.367 e. The summed E-state index contributed by atoms with van der Waals surface area (Å²) in [5, 5.41) is 18.5. The smallest absolute Gasteiger partial charge is 0.249 e. The highest BCUT2D eigenvalue weighted by Gasteiger charge is 2.56. The molecule has 382 valence electrons. The number of benzene rings is 2. The molecule has 0 radical (unpaired) electrons. The highest BCUT2D eigenvalue weighted by atomic mass is 32.2. The highest BCUT2D eigenvalue weighted by Crippen LogP contribution is 2.48. The minimum absolute atomic E-state index is 0.00924. The zero-order valence-corrected chi connectivity index (χ0v) is 44.9. The van der Waals surface area contributed by atoms with Gasteiger partial charge in [-0.2, -0.15) is 12.6 Å². The lowest BCUT2D eigenvalue weighted by Gasteiger charge is -2.39. The first-order chi connectivity index (χ1) is 33.3. The van der Waals surface area contributed by atoms with Gasteiger partial charge in [0.25, 0.3) is 0 Å². The van der Waals surface area contributed by atoms with Crippen LogP contribution in [0.5, 0.6) is 0 Å². The number of thiocarbonyl (C=S) groups is 1. The summed E-state index contributed by atoms with van der Waals surface area (Å²) in [4.78, 5) is 95.1. The lowest BCUT2D eigenvalue weighted by atomic mass is 9.83. The van der Waals surface area contributed by atoms with E-state index in [-0.39, 0.29) is 78.0 Å². The number of thioether (sulfide) groups is 2. The van der Waals surface area contributed by atoms with Crippen molar-refractivity contribution in [2.24, 2.45) is 10.8 Å². The fourth-order valence-corrected chi connectivity index (χ4v) is 14.2. The molecule has 0 spiro atoms. The number of nitrogens with zero attached hydrogens (tertiary/aromatic N) is 4. The second kappa shape index (κ2) is 22.9. The highest BCUT2D eigenvalue weighted by molar-refractivity contribution is 8.00. The van der Waals surface area contributed by atoms with Crippen LogP contribution in [0.25, 0.3) is 0 Å². The number of carbonyl (C=O) groups is 6. The molecule has 5 aliphatic rings. The van der Waals surface area contributed by atoms with Gasteiger partial charge in [-0.3, -0.25) is 34.1 Å². The van der Waals surface area contributed by atoms with Crippen molar-refractivity contribution in [1.29, 1.82) is 0 Å². The number of carbonyl (C=O) groups excluding carboxylic acids is 6. The number of likely N-dealkylation sites (N-methyl/N-ethyl adjacent to an activating group) is 2. The van der Waals surface area contributed by atoms with Gasteiger partial charge in [0.2, 0.25) is 35.4 Å².